The van der Waals surface area contributed by atoms with E-state index in [2.05, 4.69) is 42.3 Å². The zero-order chi connectivity index (χ0) is 13.0. The van der Waals surface area contributed by atoms with Crippen LogP contribution in [0, 0.1) is 5.92 Å². The van der Waals surface area contributed by atoms with Crippen LogP contribution >= 0.6 is 21.7 Å². The number of nitrogens with zero attached hydrogens (tertiary/aromatic N) is 1. The molecule has 1 unspecified atom stereocenters. The van der Waals surface area contributed by atoms with Gasteiger partial charge < -0.3 is 5.73 Å². The van der Waals surface area contributed by atoms with Crippen LogP contribution in [0.3, 0.4) is 0 Å². The standard InChI is InChI=1S/C14H17ClN2S.CH4/c1-10-2-3-12-9-13(5-4-11(12)8-10)14(16)17-6-7-18-15;/h2-5,9-10H,6-8H2,1H3,(H2,16,17);1H4. The predicted octanol–water partition coefficient (Wildman–Crippen LogP) is 4.12. The highest BCUT2D eigenvalue weighted by Crippen LogP contribution is 2.23. The van der Waals surface area contributed by atoms with Gasteiger partial charge in [0.15, 0.2) is 0 Å². The Hall–Kier alpha value is -0.930. The molecule has 2 nitrogen and oxygen atoms in total. The number of allylic oxidation sites excluding steroid dienone is 1. The maximum Gasteiger partial charge on any atom is 0.125 e. The fraction of sp³-hybridized carbons (Fsp3) is 0.400. The molecule has 0 saturated carbocycles. The number of aliphatic imine (C=N–C) groups is 1. The van der Waals surface area contributed by atoms with Gasteiger partial charge in [-0.05, 0) is 40.2 Å². The van der Waals surface area contributed by atoms with Crippen LogP contribution in [0.2, 0.25) is 0 Å². The van der Waals surface area contributed by atoms with E-state index in [0.717, 1.165) is 17.7 Å². The van der Waals surface area contributed by atoms with Crippen LogP contribution in [0.1, 0.15) is 31.0 Å². The summed E-state index contributed by atoms with van der Waals surface area (Å²) in [7, 11) is 6.80. The lowest BCUT2D eigenvalue weighted by molar-refractivity contribution is 0.717. The smallest absolute Gasteiger partial charge is 0.125 e. The van der Waals surface area contributed by atoms with Crippen LogP contribution in [-0.4, -0.2) is 18.1 Å². The van der Waals surface area contributed by atoms with E-state index >= 15 is 0 Å². The molecule has 0 bridgehead atoms. The van der Waals surface area contributed by atoms with E-state index in [-0.39, 0.29) is 7.43 Å². The molecule has 0 spiro atoms. The molecular formula is C15H21ClN2S. The first-order chi connectivity index (χ1) is 8.70. The number of benzene rings is 1. The molecule has 1 aromatic carbocycles. The van der Waals surface area contributed by atoms with Crippen molar-refractivity contribution in [2.75, 3.05) is 12.3 Å². The largest absolute Gasteiger partial charge is 0.384 e. The Bertz CT molecular complexity index is 483. The van der Waals surface area contributed by atoms with Gasteiger partial charge in [0.1, 0.15) is 5.84 Å². The second-order valence-electron chi connectivity index (χ2n) is 4.53. The third kappa shape index (κ3) is 4.29. The van der Waals surface area contributed by atoms with Crippen molar-refractivity contribution < 1.29 is 0 Å². The van der Waals surface area contributed by atoms with Gasteiger partial charge in [-0.3, -0.25) is 4.99 Å². The van der Waals surface area contributed by atoms with Crippen molar-refractivity contribution in [3.8, 4) is 0 Å². The molecule has 0 fully saturated rings. The number of amidine groups is 1. The van der Waals surface area contributed by atoms with Crippen LogP contribution in [0.4, 0.5) is 0 Å². The highest BCUT2D eigenvalue weighted by molar-refractivity contribution is 8.21. The molecule has 2 rings (SSSR count). The second kappa shape index (κ2) is 7.61. The zero-order valence-corrected chi connectivity index (χ0v) is 12.0. The summed E-state index contributed by atoms with van der Waals surface area (Å²) in [5, 5.41) is 0. The maximum atomic E-state index is 5.97. The molecule has 1 aliphatic carbocycles. The van der Waals surface area contributed by atoms with Gasteiger partial charge in [0, 0.05) is 11.3 Å². The Morgan fingerprint density at radius 1 is 1.53 bits per heavy atom. The Kier molecular flexibility index (Phi) is 6.46. The highest BCUT2D eigenvalue weighted by Gasteiger charge is 2.11. The number of nitrogens with two attached hydrogens (primary N) is 1. The number of hydrogen-bond donors (Lipinski definition) is 1. The molecule has 19 heavy (non-hydrogen) atoms. The molecule has 4 heteroatoms. The quantitative estimate of drug-likeness (QED) is 0.515. The molecule has 0 saturated heterocycles. The summed E-state index contributed by atoms with van der Waals surface area (Å²) >= 11 is 0. The Balaban J connectivity index is 0.00000180. The lowest BCUT2D eigenvalue weighted by Crippen LogP contribution is -2.15. The Labute approximate surface area is 124 Å². The first-order valence-corrected chi connectivity index (χ1v) is 7.87. The van der Waals surface area contributed by atoms with Gasteiger partial charge in [-0.25, -0.2) is 0 Å². The zero-order valence-electron chi connectivity index (χ0n) is 10.4. The molecule has 104 valence electrons. The van der Waals surface area contributed by atoms with Gasteiger partial charge in [-0.1, -0.05) is 49.6 Å². The normalized spacial score (nSPS) is 17.8. The minimum atomic E-state index is 0. The van der Waals surface area contributed by atoms with Crippen molar-refractivity contribution >= 4 is 33.6 Å². The van der Waals surface area contributed by atoms with E-state index in [9.17, 15) is 0 Å². The molecule has 1 atom stereocenters. The van der Waals surface area contributed by atoms with E-state index in [4.69, 9.17) is 16.4 Å². The van der Waals surface area contributed by atoms with Gasteiger partial charge in [0.25, 0.3) is 0 Å². The summed E-state index contributed by atoms with van der Waals surface area (Å²) < 4.78 is 0. The number of halogens is 1. The third-order valence-electron chi connectivity index (χ3n) is 3.04. The van der Waals surface area contributed by atoms with E-state index in [1.165, 1.54) is 22.1 Å². The Morgan fingerprint density at radius 2 is 2.32 bits per heavy atom. The van der Waals surface area contributed by atoms with Crippen molar-refractivity contribution in [2.45, 2.75) is 20.8 Å². The molecule has 0 heterocycles. The number of fused-ring (bicyclic) bond motifs is 1. The first kappa shape index (κ1) is 16.1. The van der Waals surface area contributed by atoms with Crippen LogP contribution < -0.4 is 5.73 Å². The lowest BCUT2D eigenvalue weighted by Gasteiger charge is -2.16. The highest BCUT2D eigenvalue weighted by atomic mass is 35.7. The predicted molar refractivity (Wildman–Crippen MR) is 89.0 cm³/mol. The summed E-state index contributed by atoms with van der Waals surface area (Å²) in [5.74, 6) is 2.00. The topological polar surface area (TPSA) is 38.4 Å². The number of rotatable bonds is 4. The fourth-order valence-corrected chi connectivity index (χ4v) is 2.44. The molecule has 2 N–H and O–H groups in total. The summed E-state index contributed by atoms with van der Waals surface area (Å²) in [5.41, 5.74) is 9.61. The van der Waals surface area contributed by atoms with Gasteiger partial charge in [-0.15, -0.1) is 0 Å². The number of hydrogen-bond acceptors (Lipinski definition) is 2. The Morgan fingerprint density at radius 3 is 3.05 bits per heavy atom. The molecule has 1 aliphatic rings. The summed E-state index contributed by atoms with van der Waals surface area (Å²) in [6.07, 6.45) is 5.52. The molecule has 0 amide bonds. The van der Waals surface area contributed by atoms with Crippen LogP contribution in [-0.2, 0) is 6.42 Å². The summed E-state index contributed by atoms with van der Waals surface area (Å²) in [4.78, 5) is 4.31. The van der Waals surface area contributed by atoms with Crippen molar-refractivity contribution in [1.29, 1.82) is 0 Å². The molecule has 0 radical (unpaired) electrons. The van der Waals surface area contributed by atoms with Gasteiger partial charge in [0.2, 0.25) is 0 Å². The molecule has 0 aromatic heterocycles. The second-order valence-corrected chi connectivity index (χ2v) is 5.82. The minimum absolute atomic E-state index is 0. The lowest BCUT2D eigenvalue weighted by atomic mass is 9.89. The van der Waals surface area contributed by atoms with Gasteiger partial charge in [0.05, 0.1) is 6.54 Å². The van der Waals surface area contributed by atoms with E-state index < -0.39 is 0 Å². The first-order valence-electron chi connectivity index (χ1n) is 6.05. The van der Waals surface area contributed by atoms with Crippen molar-refractivity contribution in [3.63, 3.8) is 0 Å². The summed E-state index contributed by atoms with van der Waals surface area (Å²) in [6.45, 7) is 2.89. The van der Waals surface area contributed by atoms with E-state index in [1.807, 2.05) is 0 Å². The average Bonchev–Trinajstić information content (AvgIpc) is 2.38. The molecule has 1 aromatic rings. The van der Waals surface area contributed by atoms with Crippen LogP contribution in [0.5, 0.6) is 0 Å². The monoisotopic (exact) mass is 296 g/mol. The van der Waals surface area contributed by atoms with Crippen molar-refractivity contribution in [3.05, 3.63) is 41.0 Å². The minimum Gasteiger partial charge on any atom is -0.384 e. The van der Waals surface area contributed by atoms with Gasteiger partial charge in [-0.2, -0.15) is 0 Å². The molecule has 0 aliphatic heterocycles. The molecular weight excluding hydrogens is 276 g/mol. The SMILES string of the molecule is C.CC1C=Cc2cc(C(N)=NCCSCl)ccc2C1. The average molecular weight is 297 g/mol. The van der Waals surface area contributed by atoms with Crippen molar-refractivity contribution in [2.24, 2.45) is 16.6 Å². The third-order valence-corrected chi connectivity index (χ3v) is 3.84. The summed E-state index contributed by atoms with van der Waals surface area (Å²) in [6, 6.07) is 6.32. The fourth-order valence-electron chi connectivity index (χ4n) is 2.07. The van der Waals surface area contributed by atoms with Gasteiger partial charge >= 0.3 is 0 Å². The van der Waals surface area contributed by atoms with E-state index in [0.29, 0.717) is 18.3 Å². The maximum absolute atomic E-state index is 5.97. The van der Waals surface area contributed by atoms with Crippen LogP contribution in [0.15, 0.2) is 29.3 Å². The van der Waals surface area contributed by atoms with Crippen molar-refractivity contribution in [1.82, 2.24) is 0 Å². The van der Waals surface area contributed by atoms with Crippen LogP contribution in [0.25, 0.3) is 6.08 Å². The van der Waals surface area contributed by atoms with E-state index in [1.54, 1.807) is 0 Å².